The molecule has 0 aromatic carbocycles. The third-order valence-electron chi connectivity index (χ3n) is 1.44. The second-order valence-corrected chi connectivity index (χ2v) is 3.61. The molecule has 0 aliphatic carbocycles. The van der Waals surface area contributed by atoms with Crippen LogP contribution >= 0.6 is 11.3 Å². The second kappa shape index (κ2) is 4.04. The van der Waals surface area contributed by atoms with Crippen LogP contribution in [-0.4, -0.2) is 19.5 Å². The number of methoxy groups -OCH3 is 1. The van der Waals surface area contributed by atoms with Gasteiger partial charge in [-0.25, -0.2) is 4.79 Å². The van der Waals surface area contributed by atoms with Crippen molar-refractivity contribution in [2.24, 2.45) is 0 Å². The van der Waals surface area contributed by atoms with Gasteiger partial charge >= 0.3 is 5.97 Å². The standard InChI is InChI=1S/C8H9NO3S/c1-5-3-6(9-4-10)7(13-5)8(11)12-2/h3-4H,1-2H3,(H,9,10). The average Bonchev–Trinajstić information content (AvgIpc) is 2.46. The third-order valence-corrected chi connectivity index (χ3v) is 2.47. The number of thiophene rings is 1. The Hall–Kier alpha value is -1.36. The highest BCUT2D eigenvalue weighted by Crippen LogP contribution is 2.26. The number of aryl methyl sites for hydroxylation is 1. The van der Waals surface area contributed by atoms with Crippen LogP contribution in [0.25, 0.3) is 0 Å². The molecule has 0 radical (unpaired) electrons. The van der Waals surface area contributed by atoms with Crippen LogP contribution in [0.15, 0.2) is 6.07 Å². The number of nitrogens with one attached hydrogen (secondary N) is 1. The van der Waals surface area contributed by atoms with Gasteiger partial charge in [-0.05, 0) is 13.0 Å². The molecule has 70 valence electrons. The van der Waals surface area contributed by atoms with Crippen molar-refractivity contribution in [3.05, 3.63) is 15.8 Å². The highest BCUT2D eigenvalue weighted by atomic mass is 32.1. The summed E-state index contributed by atoms with van der Waals surface area (Å²) in [5, 5.41) is 2.44. The summed E-state index contributed by atoms with van der Waals surface area (Å²) in [5.74, 6) is -0.428. The Labute approximate surface area is 79.5 Å². The SMILES string of the molecule is COC(=O)c1sc(C)cc1NC=O. The predicted octanol–water partition coefficient (Wildman–Crippen LogP) is 1.41. The third kappa shape index (κ3) is 2.06. The van der Waals surface area contributed by atoms with Crippen molar-refractivity contribution < 1.29 is 14.3 Å². The molecule has 1 amide bonds. The van der Waals surface area contributed by atoms with E-state index < -0.39 is 5.97 Å². The maximum absolute atomic E-state index is 11.2. The predicted molar refractivity (Wildman–Crippen MR) is 50.1 cm³/mol. The van der Waals surface area contributed by atoms with E-state index in [-0.39, 0.29) is 0 Å². The normalized spacial score (nSPS) is 9.38. The van der Waals surface area contributed by atoms with Crippen molar-refractivity contribution in [1.29, 1.82) is 0 Å². The highest BCUT2D eigenvalue weighted by molar-refractivity contribution is 7.14. The molecule has 5 heteroatoms. The van der Waals surface area contributed by atoms with Gasteiger partial charge in [0.05, 0.1) is 12.8 Å². The Morgan fingerprint density at radius 1 is 1.69 bits per heavy atom. The van der Waals surface area contributed by atoms with Gasteiger partial charge < -0.3 is 10.1 Å². The first-order valence-corrected chi connectivity index (χ1v) is 4.39. The molecule has 0 saturated carbocycles. The number of anilines is 1. The van der Waals surface area contributed by atoms with Crippen LogP contribution < -0.4 is 5.32 Å². The van der Waals surface area contributed by atoms with Gasteiger partial charge in [0.1, 0.15) is 4.88 Å². The van der Waals surface area contributed by atoms with Crippen LogP contribution in [0.1, 0.15) is 14.5 Å². The molecule has 0 bridgehead atoms. The van der Waals surface area contributed by atoms with Crippen LogP contribution in [0.2, 0.25) is 0 Å². The molecule has 0 unspecified atom stereocenters. The maximum atomic E-state index is 11.2. The fourth-order valence-electron chi connectivity index (χ4n) is 0.929. The molecule has 0 spiro atoms. The Kier molecular flexibility index (Phi) is 3.02. The van der Waals surface area contributed by atoms with Crippen molar-refractivity contribution >= 4 is 29.4 Å². The summed E-state index contributed by atoms with van der Waals surface area (Å²) in [7, 11) is 1.31. The lowest BCUT2D eigenvalue weighted by atomic mass is 10.3. The van der Waals surface area contributed by atoms with Crippen LogP contribution in [0.5, 0.6) is 0 Å². The lowest BCUT2D eigenvalue weighted by Crippen LogP contribution is -2.03. The zero-order valence-corrected chi connectivity index (χ0v) is 8.10. The lowest BCUT2D eigenvalue weighted by Gasteiger charge is -1.98. The zero-order valence-electron chi connectivity index (χ0n) is 7.29. The molecule has 4 nitrogen and oxygen atoms in total. The number of ether oxygens (including phenoxy) is 1. The summed E-state index contributed by atoms with van der Waals surface area (Å²) >= 11 is 1.29. The number of carbonyl (C=O) groups excluding carboxylic acids is 2. The van der Waals surface area contributed by atoms with E-state index >= 15 is 0 Å². The Morgan fingerprint density at radius 3 is 2.92 bits per heavy atom. The lowest BCUT2D eigenvalue weighted by molar-refractivity contribution is -0.105. The number of hydrogen-bond acceptors (Lipinski definition) is 4. The van der Waals surface area contributed by atoms with E-state index in [4.69, 9.17) is 0 Å². The average molecular weight is 199 g/mol. The summed E-state index contributed by atoms with van der Waals surface area (Å²) < 4.78 is 4.55. The molecule has 1 N–H and O–H groups in total. The first-order chi connectivity index (χ1) is 6.19. The van der Waals surface area contributed by atoms with E-state index in [0.717, 1.165) is 4.88 Å². The van der Waals surface area contributed by atoms with Crippen LogP contribution in [0.3, 0.4) is 0 Å². The monoisotopic (exact) mass is 199 g/mol. The van der Waals surface area contributed by atoms with Crippen LogP contribution in [-0.2, 0) is 9.53 Å². The molecule has 1 aromatic heterocycles. The molecule has 0 atom stereocenters. The summed E-state index contributed by atoms with van der Waals surface area (Å²) in [6.45, 7) is 1.85. The fourth-order valence-corrected chi connectivity index (χ4v) is 1.82. The zero-order chi connectivity index (χ0) is 9.84. The molecule has 1 rings (SSSR count). The maximum Gasteiger partial charge on any atom is 0.350 e. The van der Waals surface area contributed by atoms with Crippen molar-refractivity contribution in [1.82, 2.24) is 0 Å². The van der Waals surface area contributed by atoms with Gasteiger partial charge in [0.2, 0.25) is 6.41 Å². The van der Waals surface area contributed by atoms with Crippen molar-refractivity contribution in [2.45, 2.75) is 6.92 Å². The van der Waals surface area contributed by atoms with E-state index in [1.807, 2.05) is 6.92 Å². The number of amides is 1. The Balaban J connectivity index is 3.03. The number of hydrogen-bond donors (Lipinski definition) is 1. The summed E-state index contributed by atoms with van der Waals surface area (Å²) in [4.78, 5) is 22.7. The van der Waals surface area contributed by atoms with E-state index in [2.05, 4.69) is 10.1 Å². The summed E-state index contributed by atoms with van der Waals surface area (Å²) in [6.07, 6.45) is 0.536. The quantitative estimate of drug-likeness (QED) is 0.591. The van der Waals surface area contributed by atoms with E-state index in [1.165, 1.54) is 18.4 Å². The minimum atomic E-state index is -0.428. The molecule has 0 fully saturated rings. The van der Waals surface area contributed by atoms with Gasteiger partial charge in [0.25, 0.3) is 0 Å². The van der Waals surface area contributed by atoms with E-state index in [9.17, 15) is 9.59 Å². The van der Waals surface area contributed by atoms with E-state index in [1.54, 1.807) is 6.07 Å². The van der Waals surface area contributed by atoms with E-state index in [0.29, 0.717) is 17.0 Å². The molecule has 1 heterocycles. The molecule has 1 aromatic rings. The first-order valence-electron chi connectivity index (χ1n) is 3.58. The second-order valence-electron chi connectivity index (χ2n) is 2.35. The molecule has 0 aliphatic rings. The van der Waals surface area contributed by atoms with Gasteiger partial charge in [-0.3, -0.25) is 4.79 Å². The van der Waals surface area contributed by atoms with Crippen LogP contribution in [0, 0.1) is 6.92 Å². The largest absolute Gasteiger partial charge is 0.465 e. The van der Waals surface area contributed by atoms with Gasteiger partial charge in [-0.1, -0.05) is 0 Å². The number of esters is 1. The summed E-state index contributed by atoms with van der Waals surface area (Å²) in [5.41, 5.74) is 0.504. The van der Waals surface area contributed by atoms with Crippen molar-refractivity contribution in [2.75, 3.05) is 12.4 Å². The minimum absolute atomic E-state index is 0.423. The molecular formula is C8H9NO3S. The Bertz CT molecular complexity index is 332. The fraction of sp³-hybridized carbons (Fsp3) is 0.250. The smallest absolute Gasteiger partial charge is 0.350 e. The highest BCUT2D eigenvalue weighted by Gasteiger charge is 2.14. The van der Waals surface area contributed by atoms with Crippen molar-refractivity contribution in [3.63, 3.8) is 0 Å². The van der Waals surface area contributed by atoms with Gasteiger partial charge in [-0.2, -0.15) is 0 Å². The molecule has 13 heavy (non-hydrogen) atoms. The minimum Gasteiger partial charge on any atom is -0.465 e. The van der Waals surface area contributed by atoms with Gasteiger partial charge in [-0.15, -0.1) is 11.3 Å². The number of rotatable bonds is 3. The Morgan fingerprint density at radius 2 is 2.38 bits per heavy atom. The molecule has 0 aliphatic heterocycles. The van der Waals surface area contributed by atoms with Crippen LogP contribution in [0.4, 0.5) is 5.69 Å². The first kappa shape index (κ1) is 9.73. The molecular weight excluding hydrogens is 190 g/mol. The number of carbonyl (C=O) groups is 2. The topological polar surface area (TPSA) is 55.4 Å². The van der Waals surface area contributed by atoms with Gasteiger partial charge in [0.15, 0.2) is 0 Å². The molecule has 0 saturated heterocycles. The van der Waals surface area contributed by atoms with Gasteiger partial charge in [0, 0.05) is 4.88 Å². The van der Waals surface area contributed by atoms with Crippen molar-refractivity contribution in [3.8, 4) is 0 Å². The summed E-state index contributed by atoms with van der Waals surface area (Å²) in [6, 6.07) is 1.73.